The summed E-state index contributed by atoms with van der Waals surface area (Å²) >= 11 is 0. The molecule has 3 aliphatic rings. The molecule has 2 atom stereocenters. The van der Waals surface area contributed by atoms with Crippen LogP contribution in [0, 0.1) is 23.6 Å². The highest BCUT2D eigenvalue weighted by atomic mass is 32.2. The normalized spacial score (nSPS) is 26.2. The van der Waals surface area contributed by atoms with Gasteiger partial charge in [-0.2, -0.15) is 26.3 Å². The van der Waals surface area contributed by atoms with Crippen LogP contribution in [-0.4, -0.2) is 55.7 Å². The molecule has 2 unspecified atom stereocenters. The van der Waals surface area contributed by atoms with Gasteiger partial charge in [-0.25, -0.2) is 17.2 Å². The van der Waals surface area contributed by atoms with Gasteiger partial charge in [0, 0.05) is 30.5 Å². The molecule has 2 aromatic carbocycles. The number of benzene rings is 2. The maximum absolute atomic E-state index is 15.0. The van der Waals surface area contributed by atoms with E-state index in [2.05, 4.69) is 0 Å². The Labute approximate surface area is 247 Å². The van der Waals surface area contributed by atoms with Crippen molar-refractivity contribution in [2.45, 2.75) is 66.2 Å². The SMILES string of the molecule is O=C(O)C1CCC(C(=O)N2CC3CCc4cc(C(F)(C(F)(F)F)C(F)(F)F)ccc4C3(S(=O)(=O)c3ccc(F)cc3)C2)CC1. The monoisotopic (exact) mass is 653 g/mol. The van der Waals surface area contributed by atoms with Gasteiger partial charge in [-0.15, -0.1) is 0 Å². The molecule has 0 spiro atoms. The average molecular weight is 654 g/mol. The van der Waals surface area contributed by atoms with Crippen molar-refractivity contribution in [2.75, 3.05) is 13.1 Å². The number of fused-ring (bicyclic) bond motifs is 3. The van der Waals surface area contributed by atoms with Gasteiger partial charge >= 0.3 is 24.0 Å². The van der Waals surface area contributed by atoms with E-state index >= 15 is 0 Å². The quantitative estimate of drug-likeness (QED) is 0.312. The summed E-state index contributed by atoms with van der Waals surface area (Å²) in [5.74, 6) is -4.27. The Hall–Kier alpha value is -3.23. The van der Waals surface area contributed by atoms with E-state index in [1.807, 2.05) is 0 Å². The number of aryl methyl sites for hydroxylation is 1. The molecule has 240 valence electrons. The summed E-state index contributed by atoms with van der Waals surface area (Å²) in [4.78, 5) is 25.9. The van der Waals surface area contributed by atoms with Gasteiger partial charge in [0.25, 0.3) is 0 Å². The lowest BCUT2D eigenvalue weighted by atomic mass is 9.75. The zero-order valence-corrected chi connectivity index (χ0v) is 23.7. The van der Waals surface area contributed by atoms with Gasteiger partial charge in [0.1, 0.15) is 10.6 Å². The third-order valence-corrected chi connectivity index (χ3v) is 11.9. The van der Waals surface area contributed by atoms with Crippen LogP contribution in [0.25, 0.3) is 0 Å². The molecule has 1 aliphatic heterocycles. The molecule has 1 saturated carbocycles. The predicted octanol–water partition coefficient (Wildman–Crippen LogP) is 6.08. The minimum Gasteiger partial charge on any atom is -0.481 e. The van der Waals surface area contributed by atoms with Crippen molar-refractivity contribution < 1.29 is 58.2 Å². The highest BCUT2D eigenvalue weighted by Gasteiger charge is 2.73. The standard InChI is InChI=1S/C29H27F8NO5S/c30-21-8-10-22(11-9-21)44(42,43)26-15-38(24(39)16-1-3-17(4-2-16)25(40)41)14-20(26)6-5-18-13-19(7-12-23(18)26)27(31,28(32,33)34)29(35,36)37/h7-13,16-17,20H,1-6,14-15H2,(H,40,41). The van der Waals surface area contributed by atoms with Gasteiger partial charge in [-0.3, -0.25) is 9.59 Å². The van der Waals surface area contributed by atoms with Gasteiger partial charge in [0.05, 0.1) is 10.8 Å². The average Bonchev–Trinajstić information content (AvgIpc) is 3.37. The Kier molecular flexibility index (Phi) is 7.82. The Morgan fingerprint density at radius 1 is 0.841 bits per heavy atom. The number of hydrogen-bond acceptors (Lipinski definition) is 4. The van der Waals surface area contributed by atoms with E-state index in [0.717, 1.165) is 30.3 Å². The second kappa shape index (κ2) is 10.7. The van der Waals surface area contributed by atoms with Crippen LogP contribution >= 0.6 is 0 Å². The fourth-order valence-corrected chi connectivity index (χ4v) is 9.41. The number of aliphatic carboxylic acids is 1. The molecule has 2 fully saturated rings. The molecule has 1 amide bonds. The molecule has 44 heavy (non-hydrogen) atoms. The predicted molar refractivity (Wildman–Crippen MR) is 138 cm³/mol. The van der Waals surface area contributed by atoms with E-state index in [1.165, 1.54) is 4.90 Å². The first-order valence-corrected chi connectivity index (χ1v) is 15.3. The first-order chi connectivity index (χ1) is 20.3. The lowest BCUT2D eigenvalue weighted by molar-refractivity contribution is -0.348. The van der Waals surface area contributed by atoms with Gasteiger partial charge in [-0.05, 0) is 73.9 Å². The molecule has 15 heteroatoms. The Bertz CT molecular complexity index is 1550. The molecule has 0 bridgehead atoms. The molecule has 5 rings (SSSR count). The third-order valence-electron chi connectivity index (χ3n) is 9.37. The van der Waals surface area contributed by atoms with Gasteiger partial charge in [0.2, 0.25) is 5.91 Å². The van der Waals surface area contributed by atoms with Gasteiger partial charge in [-0.1, -0.05) is 18.2 Å². The number of halogens is 8. The first-order valence-electron chi connectivity index (χ1n) is 13.8. The number of hydrogen-bond donors (Lipinski definition) is 1. The number of carboxylic acids is 1. The molecule has 2 aliphatic carbocycles. The van der Waals surface area contributed by atoms with Crippen LogP contribution in [0.5, 0.6) is 0 Å². The van der Waals surface area contributed by atoms with Crippen LogP contribution in [-0.2, 0) is 36.3 Å². The smallest absolute Gasteiger partial charge is 0.435 e. The molecule has 0 aromatic heterocycles. The topological polar surface area (TPSA) is 91.8 Å². The lowest BCUT2D eigenvalue weighted by Crippen LogP contribution is -2.51. The Balaban J connectivity index is 1.61. The lowest BCUT2D eigenvalue weighted by Gasteiger charge is -2.40. The molecule has 2 aromatic rings. The summed E-state index contributed by atoms with van der Waals surface area (Å²) < 4.78 is 137. The van der Waals surface area contributed by atoms with Crippen molar-refractivity contribution in [1.29, 1.82) is 0 Å². The van der Waals surface area contributed by atoms with Gasteiger partial charge < -0.3 is 10.0 Å². The zero-order chi connectivity index (χ0) is 32.5. The van der Waals surface area contributed by atoms with Crippen LogP contribution < -0.4 is 0 Å². The van der Waals surface area contributed by atoms with Crippen molar-refractivity contribution >= 4 is 21.7 Å². The summed E-state index contributed by atoms with van der Waals surface area (Å²) in [6, 6.07) is 5.17. The van der Waals surface area contributed by atoms with Crippen molar-refractivity contribution in [3.05, 3.63) is 65.0 Å². The molecular weight excluding hydrogens is 626 g/mol. The van der Waals surface area contributed by atoms with Crippen LogP contribution in [0.1, 0.15) is 48.8 Å². The fourth-order valence-electron chi connectivity index (χ4n) is 7.05. The number of rotatable bonds is 5. The number of amides is 1. The van der Waals surface area contributed by atoms with E-state index in [0.29, 0.717) is 6.07 Å². The zero-order valence-electron chi connectivity index (χ0n) is 22.9. The van der Waals surface area contributed by atoms with Crippen LogP contribution in [0.3, 0.4) is 0 Å². The number of nitrogens with zero attached hydrogens (tertiary/aromatic N) is 1. The van der Waals surface area contributed by atoms with E-state index in [-0.39, 0.29) is 67.2 Å². The second-order valence-electron chi connectivity index (χ2n) is 11.7. The number of carbonyl (C=O) groups is 2. The number of carboxylic acid groups (broad SMARTS) is 1. The second-order valence-corrected chi connectivity index (χ2v) is 13.9. The summed E-state index contributed by atoms with van der Waals surface area (Å²) in [5.41, 5.74) is -7.86. The molecule has 0 radical (unpaired) electrons. The highest BCUT2D eigenvalue weighted by molar-refractivity contribution is 7.92. The highest BCUT2D eigenvalue weighted by Crippen LogP contribution is 2.56. The first kappa shape index (κ1) is 32.2. The minimum absolute atomic E-state index is 0.0657. The van der Waals surface area contributed by atoms with Crippen molar-refractivity contribution in [1.82, 2.24) is 4.90 Å². The van der Waals surface area contributed by atoms with E-state index in [4.69, 9.17) is 0 Å². The maximum atomic E-state index is 15.0. The van der Waals surface area contributed by atoms with E-state index < -0.39 is 80.2 Å². The number of sulfone groups is 1. The minimum atomic E-state index is -6.37. The largest absolute Gasteiger partial charge is 0.481 e. The van der Waals surface area contributed by atoms with E-state index in [1.54, 1.807) is 0 Å². The maximum Gasteiger partial charge on any atom is 0.435 e. The Morgan fingerprint density at radius 2 is 1.41 bits per heavy atom. The number of carbonyl (C=O) groups excluding carboxylic acids is 1. The fraction of sp³-hybridized carbons (Fsp3) is 0.517. The van der Waals surface area contributed by atoms with E-state index in [9.17, 15) is 58.2 Å². The summed E-state index contributed by atoms with van der Waals surface area (Å²) in [5, 5.41) is 9.28. The van der Waals surface area contributed by atoms with Crippen molar-refractivity contribution in [3.63, 3.8) is 0 Å². The van der Waals surface area contributed by atoms with Crippen LogP contribution in [0.4, 0.5) is 35.1 Å². The summed E-state index contributed by atoms with van der Waals surface area (Å²) in [7, 11) is -4.59. The molecular formula is C29H27F8NO5S. The third kappa shape index (κ3) is 4.85. The van der Waals surface area contributed by atoms with Crippen molar-refractivity contribution in [2.24, 2.45) is 17.8 Å². The van der Waals surface area contributed by atoms with Gasteiger partial charge in [0.15, 0.2) is 9.84 Å². The molecule has 1 N–H and O–H groups in total. The molecule has 1 saturated heterocycles. The van der Waals surface area contributed by atoms with Crippen LogP contribution in [0.2, 0.25) is 0 Å². The number of alkyl halides is 7. The molecule has 6 nitrogen and oxygen atoms in total. The summed E-state index contributed by atoms with van der Waals surface area (Å²) in [6.07, 6.45) is -12.1. The molecule has 1 heterocycles. The Morgan fingerprint density at radius 3 is 1.95 bits per heavy atom. The van der Waals surface area contributed by atoms with Crippen molar-refractivity contribution in [3.8, 4) is 0 Å². The van der Waals surface area contributed by atoms with Crippen LogP contribution in [0.15, 0.2) is 47.4 Å². The summed E-state index contributed by atoms with van der Waals surface area (Å²) in [6.45, 7) is -0.599. The number of likely N-dealkylation sites (tertiary alicyclic amines) is 1.